The van der Waals surface area contributed by atoms with Gasteiger partial charge < -0.3 is 22.1 Å². The first-order valence-electron chi connectivity index (χ1n) is 6.54. The van der Waals surface area contributed by atoms with Crippen LogP contribution in [0.25, 0.3) is 0 Å². The highest BCUT2D eigenvalue weighted by Crippen LogP contribution is 2.22. The molecule has 0 saturated heterocycles. The zero-order valence-electron chi connectivity index (χ0n) is 11.7. The van der Waals surface area contributed by atoms with Gasteiger partial charge in [-0.1, -0.05) is 17.9 Å². The number of halogens is 2. The van der Waals surface area contributed by atoms with Crippen molar-refractivity contribution in [3.05, 3.63) is 46.6 Å². The van der Waals surface area contributed by atoms with Crippen LogP contribution in [0.4, 0.5) is 8.78 Å². The van der Waals surface area contributed by atoms with E-state index < -0.39 is 18.0 Å². The Bertz CT molecular complexity index is 619. The Kier molecular flexibility index (Phi) is 4.46. The number of nitrogens with zero attached hydrogens (tertiary/aromatic N) is 1. The van der Waals surface area contributed by atoms with Crippen molar-refractivity contribution in [2.24, 2.45) is 17.2 Å². The summed E-state index contributed by atoms with van der Waals surface area (Å²) in [6, 6.07) is -0.869. The van der Waals surface area contributed by atoms with Gasteiger partial charge in [-0.15, -0.1) is 0 Å². The Morgan fingerprint density at radius 3 is 2.81 bits per heavy atom. The van der Waals surface area contributed by atoms with Crippen LogP contribution < -0.4 is 17.2 Å². The molecule has 0 radical (unpaired) electrons. The lowest BCUT2D eigenvalue weighted by Gasteiger charge is -2.25. The third-order valence-corrected chi connectivity index (χ3v) is 3.41. The molecule has 0 aromatic carbocycles. The minimum Gasteiger partial charge on any atom is -0.385 e. The molecule has 0 saturated carbocycles. The number of hydrogen-bond donors (Lipinski definition) is 3. The Morgan fingerprint density at radius 2 is 2.14 bits per heavy atom. The Labute approximate surface area is 122 Å². The first-order valence-corrected chi connectivity index (χ1v) is 6.54. The lowest BCUT2D eigenvalue weighted by molar-refractivity contribution is 0.349. The topological polar surface area (TPSA) is 81.3 Å². The van der Waals surface area contributed by atoms with Gasteiger partial charge in [0.15, 0.2) is 6.17 Å². The normalized spacial score (nSPS) is 25.8. The molecule has 2 rings (SSSR count). The van der Waals surface area contributed by atoms with Crippen LogP contribution in [0.5, 0.6) is 0 Å². The second kappa shape index (κ2) is 6.12. The summed E-state index contributed by atoms with van der Waals surface area (Å²) in [5, 5.41) is 0. The maximum atomic E-state index is 13.9. The standard InChI is InChI=1S/C15H18F2N4/c1-21-8-9(6-10(7-18)15(21)20)2-3-11-12(16)4-5-13(19)14(11)17/h4-6,13-14H,7-8,18-20H2,1H3. The van der Waals surface area contributed by atoms with Crippen molar-refractivity contribution in [1.82, 2.24) is 4.90 Å². The van der Waals surface area contributed by atoms with Gasteiger partial charge in [0.2, 0.25) is 0 Å². The van der Waals surface area contributed by atoms with E-state index in [9.17, 15) is 8.78 Å². The SMILES string of the molecule is CN1CC(C#CC2=C(F)C=CC(N)C2F)=CC(CN)=C1N. The molecule has 0 amide bonds. The minimum atomic E-state index is -1.63. The van der Waals surface area contributed by atoms with Crippen LogP contribution in [-0.2, 0) is 0 Å². The molecule has 2 unspecified atom stereocenters. The zero-order valence-corrected chi connectivity index (χ0v) is 11.7. The Balaban J connectivity index is 2.30. The summed E-state index contributed by atoms with van der Waals surface area (Å²) in [6.45, 7) is 0.744. The van der Waals surface area contributed by atoms with Gasteiger partial charge in [0.05, 0.1) is 18.2 Å². The second-order valence-electron chi connectivity index (χ2n) is 4.99. The molecule has 0 spiro atoms. The van der Waals surface area contributed by atoms with E-state index in [0.29, 0.717) is 17.9 Å². The maximum absolute atomic E-state index is 13.9. The summed E-state index contributed by atoms with van der Waals surface area (Å²) in [7, 11) is 1.80. The molecule has 112 valence electrons. The fourth-order valence-corrected chi connectivity index (χ4v) is 2.14. The average Bonchev–Trinajstić information content (AvgIpc) is 2.46. The molecule has 2 atom stereocenters. The summed E-state index contributed by atoms with van der Waals surface area (Å²) >= 11 is 0. The van der Waals surface area contributed by atoms with Gasteiger partial charge in [0.1, 0.15) is 11.6 Å². The van der Waals surface area contributed by atoms with Gasteiger partial charge in [-0.3, -0.25) is 0 Å². The first kappa shape index (κ1) is 15.3. The number of nitrogens with two attached hydrogens (primary N) is 3. The maximum Gasteiger partial charge on any atom is 0.154 e. The molecular weight excluding hydrogens is 274 g/mol. The fourth-order valence-electron chi connectivity index (χ4n) is 2.14. The van der Waals surface area contributed by atoms with Crippen molar-refractivity contribution >= 4 is 0 Å². The molecule has 2 aliphatic rings. The summed E-state index contributed by atoms with van der Waals surface area (Å²) in [5.74, 6) is 5.23. The van der Waals surface area contributed by atoms with Gasteiger partial charge in [0, 0.05) is 24.7 Å². The van der Waals surface area contributed by atoms with E-state index >= 15 is 0 Å². The molecule has 1 aliphatic carbocycles. The van der Waals surface area contributed by atoms with Crippen molar-refractivity contribution < 1.29 is 8.78 Å². The van der Waals surface area contributed by atoms with Gasteiger partial charge in [-0.05, 0) is 12.2 Å². The van der Waals surface area contributed by atoms with E-state index in [4.69, 9.17) is 17.2 Å². The van der Waals surface area contributed by atoms with Gasteiger partial charge >= 0.3 is 0 Å². The summed E-state index contributed by atoms with van der Waals surface area (Å²) in [5.41, 5.74) is 18.2. The molecule has 0 aromatic heterocycles. The lowest BCUT2D eigenvalue weighted by atomic mass is 9.98. The highest BCUT2D eigenvalue weighted by Gasteiger charge is 2.25. The smallest absolute Gasteiger partial charge is 0.154 e. The van der Waals surface area contributed by atoms with Crippen LogP contribution in [0.15, 0.2) is 46.6 Å². The van der Waals surface area contributed by atoms with Crippen molar-refractivity contribution in [3.8, 4) is 11.8 Å². The highest BCUT2D eigenvalue weighted by molar-refractivity contribution is 5.49. The number of allylic oxidation sites excluding steroid dienone is 2. The van der Waals surface area contributed by atoms with E-state index in [0.717, 1.165) is 11.6 Å². The highest BCUT2D eigenvalue weighted by atomic mass is 19.1. The third-order valence-electron chi connectivity index (χ3n) is 3.41. The molecule has 6 heteroatoms. The van der Waals surface area contributed by atoms with Crippen LogP contribution in [0.2, 0.25) is 0 Å². The molecule has 0 aromatic rings. The number of rotatable bonds is 1. The number of alkyl halides is 1. The van der Waals surface area contributed by atoms with Gasteiger partial charge in [0.25, 0.3) is 0 Å². The zero-order chi connectivity index (χ0) is 15.6. The summed E-state index contributed by atoms with van der Waals surface area (Å²) < 4.78 is 27.5. The largest absolute Gasteiger partial charge is 0.385 e. The van der Waals surface area contributed by atoms with E-state index in [2.05, 4.69) is 11.8 Å². The van der Waals surface area contributed by atoms with Crippen LogP contribution in [0.1, 0.15) is 0 Å². The number of likely N-dealkylation sites (N-methyl/N-ethyl adjacent to an activating group) is 1. The van der Waals surface area contributed by atoms with E-state index in [1.807, 2.05) is 0 Å². The van der Waals surface area contributed by atoms with E-state index in [1.54, 1.807) is 18.0 Å². The van der Waals surface area contributed by atoms with Crippen LogP contribution in [0.3, 0.4) is 0 Å². The van der Waals surface area contributed by atoms with Crippen molar-refractivity contribution in [1.29, 1.82) is 0 Å². The minimum absolute atomic E-state index is 0.217. The quantitative estimate of drug-likeness (QED) is 0.613. The molecule has 1 heterocycles. The predicted octanol–water partition coefficient (Wildman–Crippen LogP) is 0.449. The summed E-state index contributed by atoms with van der Waals surface area (Å²) in [6.07, 6.45) is 2.57. The van der Waals surface area contributed by atoms with Crippen LogP contribution in [-0.4, -0.2) is 37.3 Å². The molecule has 6 N–H and O–H groups in total. The van der Waals surface area contributed by atoms with Gasteiger partial charge in [-0.2, -0.15) is 0 Å². The summed E-state index contributed by atoms with van der Waals surface area (Å²) in [4.78, 5) is 1.79. The molecule has 0 fully saturated rings. The number of hydrogen-bond acceptors (Lipinski definition) is 4. The average molecular weight is 292 g/mol. The fraction of sp³-hybridized carbons (Fsp3) is 0.333. The van der Waals surface area contributed by atoms with Crippen molar-refractivity contribution in [3.63, 3.8) is 0 Å². The van der Waals surface area contributed by atoms with Gasteiger partial charge in [-0.25, -0.2) is 8.78 Å². The van der Waals surface area contributed by atoms with Crippen molar-refractivity contribution in [2.75, 3.05) is 20.1 Å². The van der Waals surface area contributed by atoms with E-state index in [-0.39, 0.29) is 12.1 Å². The molecule has 1 aliphatic heterocycles. The molecule has 4 nitrogen and oxygen atoms in total. The third kappa shape index (κ3) is 3.15. The first-order chi connectivity index (χ1) is 9.93. The Morgan fingerprint density at radius 1 is 1.43 bits per heavy atom. The second-order valence-corrected chi connectivity index (χ2v) is 4.99. The molecule has 0 bridgehead atoms. The lowest BCUT2D eigenvalue weighted by Crippen LogP contribution is -2.33. The van der Waals surface area contributed by atoms with Crippen LogP contribution >= 0.6 is 0 Å². The predicted molar refractivity (Wildman–Crippen MR) is 78.9 cm³/mol. The van der Waals surface area contributed by atoms with Crippen LogP contribution in [0, 0.1) is 11.8 Å². The van der Waals surface area contributed by atoms with E-state index in [1.165, 1.54) is 6.08 Å². The van der Waals surface area contributed by atoms with Crippen molar-refractivity contribution in [2.45, 2.75) is 12.2 Å². The molecule has 21 heavy (non-hydrogen) atoms. The monoisotopic (exact) mass is 292 g/mol. The Hall–Kier alpha value is -2.10. The molecular formula is C15H18F2N4.